The van der Waals surface area contributed by atoms with E-state index in [9.17, 15) is 22.4 Å². The van der Waals surface area contributed by atoms with Gasteiger partial charge in [-0.05, 0) is 74.2 Å². The van der Waals surface area contributed by atoms with Gasteiger partial charge in [0, 0.05) is 19.0 Å². The lowest BCUT2D eigenvalue weighted by Crippen LogP contribution is -2.54. The van der Waals surface area contributed by atoms with E-state index in [-0.39, 0.29) is 29.8 Å². The zero-order valence-electron chi connectivity index (χ0n) is 26.2. The van der Waals surface area contributed by atoms with Crippen LogP contribution in [0.5, 0.6) is 0 Å². The zero-order chi connectivity index (χ0) is 32.7. The van der Waals surface area contributed by atoms with Crippen molar-refractivity contribution in [3.8, 4) is 0 Å². The normalized spacial score (nSPS) is 14.1. The zero-order valence-corrected chi connectivity index (χ0v) is 27.0. The predicted octanol–water partition coefficient (Wildman–Crippen LogP) is 6.34. The lowest BCUT2D eigenvalue weighted by Gasteiger charge is -2.34. The minimum absolute atomic E-state index is 0.0129. The van der Waals surface area contributed by atoms with Crippen molar-refractivity contribution in [3.05, 3.63) is 131 Å². The summed E-state index contributed by atoms with van der Waals surface area (Å²) in [4.78, 5) is 30.1. The molecule has 1 saturated carbocycles. The van der Waals surface area contributed by atoms with Crippen molar-refractivity contribution in [3.63, 3.8) is 0 Å². The maximum absolute atomic E-state index is 14.5. The number of carbonyl (C=O) groups is 2. The van der Waals surface area contributed by atoms with Gasteiger partial charge in [0.15, 0.2) is 0 Å². The summed E-state index contributed by atoms with van der Waals surface area (Å²) in [6, 6.07) is 27.7. The molecule has 4 aromatic rings. The molecule has 1 N–H and O–H groups in total. The first-order chi connectivity index (χ1) is 22.1. The molecule has 0 spiro atoms. The third-order valence-electron chi connectivity index (χ3n) is 8.45. The van der Waals surface area contributed by atoms with Crippen molar-refractivity contribution >= 4 is 27.5 Å². The average molecular weight is 642 g/mol. The third-order valence-corrected chi connectivity index (χ3v) is 10.2. The Balaban J connectivity index is 1.55. The standard InChI is InChI=1S/C37H40FN3O4S/c1-27-12-20-33(21-13-27)41(46(44,45)34-22-14-28(2)15-23-34)26-36(42)40(25-30-16-18-31(38)19-17-30)35(24-29-8-4-3-5-9-29)37(43)39-32-10-6-7-11-32/h3-5,8-9,12-23,32,35H,6-7,10-11,24-26H2,1-2H3,(H,39,43)/t35-/m1/s1. The van der Waals surface area contributed by atoms with Gasteiger partial charge in [0.1, 0.15) is 18.4 Å². The van der Waals surface area contributed by atoms with E-state index in [2.05, 4.69) is 5.32 Å². The van der Waals surface area contributed by atoms with Crippen LogP contribution in [-0.2, 0) is 32.6 Å². The molecule has 1 aliphatic carbocycles. The fourth-order valence-electron chi connectivity index (χ4n) is 5.79. The molecule has 0 aliphatic heterocycles. The van der Waals surface area contributed by atoms with Gasteiger partial charge < -0.3 is 10.2 Å². The van der Waals surface area contributed by atoms with Crippen molar-refractivity contribution in [1.82, 2.24) is 10.2 Å². The average Bonchev–Trinajstić information content (AvgIpc) is 3.56. The van der Waals surface area contributed by atoms with E-state index >= 15 is 0 Å². The van der Waals surface area contributed by atoms with Gasteiger partial charge in [-0.1, -0.05) is 90.7 Å². The summed E-state index contributed by atoms with van der Waals surface area (Å²) in [7, 11) is -4.18. The van der Waals surface area contributed by atoms with Gasteiger partial charge in [-0.15, -0.1) is 0 Å². The van der Waals surface area contributed by atoms with Crippen molar-refractivity contribution in [2.24, 2.45) is 0 Å². The maximum atomic E-state index is 14.5. The molecule has 4 aromatic carbocycles. The molecule has 9 heteroatoms. The van der Waals surface area contributed by atoms with Crippen LogP contribution in [0.1, 0.15) is 47.9 Å². The van der Waals surface area contributed by atoms with E-state index < -0.39 is 34.3 Å². The smallest absolute Gasteiger partial charge is 0.264 e. The van der Waals surface area contributed by atoms with Crippen LogP contribution in [0.15, 0.2) is 108 Å². The molecule has 7 nitrogen and oxygen atoms in total. The highest BCUT2D eigenvalue weighted by atomic mass is 32.2. The molecule has 0 saturated heterocycles. The van der Waals surface area contributed by atoms with Crippen LogP contribution in [0.3, 0.4) is 0 Å². The summed E-state index contributed by atoms with van der Waals surface area (Å²) in [5.74, 6) is -1.27. The van der Waals surface area contributed by atoms with Crippen LogP contribution in [0.2, 0.25) is 0 Å². The molecule has 1 aliphatic rings. The van der Waals surface area contributed by atoms with Crippen LogP contribution in [0.25, 0.3) is 0 Å². The summed E-state index contributed by atoms with van der Waals surface area (Å²) in [5, 5.41) is 3.16. The Kier molecular flexibility index (Phi) is 10.5. The maximum Gasteiger partial charge on any atom is 0.264 e. The van der Waals surface area contributed by atoms with Gasteiger partial charge >= 0.3 is 0 Å². The molecule has 0 radical (unpaired) electrons. The molecular formula is C37H40FN3O4S. The second-order valence-corrected chi connectivity index (χ2v) is 13.9. The number of rotatable bonds is 12. The third kappa shape index (κ3) is 8.20. The van der Waals surface area contributed by atoms with Gasteiger partial charge in [0.25, 0.3) is 10.0 Å². The van der Waals surface area contributed by atoms with E-state index in [1.54, 1.807) is 48.5 Å². The molecule has 240 valence electrons. The minimum atomic E-state index is -4.18. The van der Waals surface area contributed by atoms with E-state index in [1.165, 1.54) is 29.2 Å². The Morgan fingerprint density at radius 1 is 0.804 bits per heavy atom. The Bertz CT molecular complexity index is 1720. The highest BCUT2D eigenvalue weighted by Gasteiger charge is 2.35. The molecule has 0 heterocycles. The Labute approximate surface area is 271 Å². The lowest BCUT2D eigenvalue weighted by atomic mass is 10.0. The van der Waals surface area contributed by atoms with Crippen LogP contribution in [0, 0.1) is 19.7 Å². The molecule has 0 bridgehead atoms. The number of benzene rings is 4. The first-order valence-corrected chi connectivity index (χ1v) is 17.1. The minimum Gasteiger partial charge on any atom is -0.352 e. The number of nitrogens with one attached hydrogen (secondary N) is 1. The summed E-state index contributed by atoms with van der Waals surface area (Å²) in [5.41, 5.74) is 3.64. The molecule has 0 unspecified atom stereocenters. The fourth-order valence-corrected chi connectivity index (χ4v) is 7.20. The number of hydrogen-bond donors (Lipinski definition) is 1. The molecule has 46 heavy (non-hydrogen) atoms. The molecule has 0 aromatic heterocycles. The summed E-state index contributed by atoms with van der Waals surface area (Å²) in [6.45, 7) is 3.22. The van der Waals surface area contributed by atoms with Gasteiger partial charge in [-0.3, -0.25) is 13.9 Å². The van der Waals surface area contributed by atoms with E-state index in [0.717, 1.165) is 46.7 Å². The van der Waals surface area contributed by atoms with E-state index in [1.807, 2.05) is 44.2 Å². The topological polar surface area (TPSA) is 86.8 Å². The second kappa shape index (κ2) is 14.7. The number of sulfonamides is 1. The van der Waals surface area contributed by atoms with Crippen LogP contribution in [0.4, 0.5) is 10.1 Å². The Morgan fingerprint density at radius 2 is 1.39 bits per heavy atom. The largest absolute Gasteiger partial charge is 0.352 e. The monoisotopic (exact) mass is 641 g/mol. The quantitative estimate of drug-likeness (QED) is 0.196. The van der Waals surface area contributed by atoms with Gasteiger partial charge in [-0.25, -0.2) is 12.8 Å². The van der Waals surface area contributed by atoms with Crippen molar-refractivity contribution < 1.29 is 22.4 Å². The summed E-state index contributed by atoms with van der Waals surface area (Å²) < 4.78 is 43.3. The second-order valence-electron chi connectivity index (χ2n) is 12.0. The van der Waals surface area contributed by atoms with Crippen LogP contribution in [-0.4, -0.2) is 43.8 Å². The van der Waals surface area contributed by atoms with Crippen LogP contribution >= 0.6 is 0 Å². The fraction of sp³-hybridized carbons (Fsp3) is 0.297. The number of hydrogen-bond acceptors (Lipinski definition) is 4. The number of aryl methyl sites for hydroxylation is 2. The van der Waals surface area contributed by atoms with Crippen LogP contribution < -0.4 is 9.62 Å². The van der Waals surface area contributed by atoms with Crippen molar-refractivity contribution in [2.45, 2.75) is 69.5 Å². The number of carbonyl (C=O) groups excluding carboxylic acids is 2. The molecular weight excluding hydrogens is 601 g/mol. The number of halogens is 1. The Hall–Kier alpha value is -4.50. The number of nitrogens with zero attached hydrogens (tertiary/aromatic N) is 2. The van der Waals surface area contributed by atoms with E-state index in [4.69, 9.17) is 0 Å². The number of amides is 2. The van der Waals surface area contributed by atoms with Crippen molar-refractivity contribution in [1.29, 1.82) is 0 Å². The van der Waals surface area contributed by atoms with E-state index in [0.29, 0.717) is 11.3 Å². The Morgan fingerprint density at radius 3 is 2.00 bits per heavy atom. The van der Waals surface area contributed by atoms with Gasteiger partial charge in [0.05, 0.1) is 10.6 Å². The van der Waals surface area contributed by atoms with Gasteiger partial charge in [0.2, 0.25) is 11.8 Å². The van der Waals surface area contributed by atoms with Crippen molar-refractivity contribution in [2.75, 3.05) is 10.8 Å². The lowest BCUT2D eigenvalue weighted by molar-refractivity contribution is -0.140. The number of anilines is 1. The molecule has 5 rings (SSSR count). The highest BCUT2D eigenvalue weighted by Crippen LogP contribution is 2.26. The SMILES string of the molecule is Cc1ccc(N(CC(=O)N(Cc2ccc(F)cc2)[C@H](Cc2ccccc2)C(=O)NC2CCCC2)S(=O)(=O)c2ccc(C)cc2)cc1. The molecule has 1 fully saturated rings. The summed E-state index contributed by atoms with van der Waals surface area (Å²) in [6.07, 6.45) is 4.00. The molecule has 2 amide bonds. The first-order valence-electron chi connectivity index (χ1n) is 15.6. The predicted molar refractivity (Wildman–Crippen MR) is 178 cm³/mol. The van der Waals surface area contributed by atoms with Gasteiger partial charge in [-0.2, -0.15) is 0 Å². The summed E-state index contributed by atoms with van der Waals surface area (Å²) >= 11 is 0. The highest BCUT2D eigenvalue weighted by molar-refractivity contribution is 7.92. The first kappa shape index (κ1) is 32.9. The molecule has 1 atom stereocenters.